The molecule has 1 aliphatic heterocycles. The Hall–Kier alpha value is -1.44. The van der Waals surface area contributed by atoms with Crippen LogP contribution in [0.5, 0.6) is 0 Å². The largest absolute Gasteiger partial charge is 0.379 e. The van der Waals surface area contributed by atoms with Gasteiger partial charge in [-0.05, 0) is 5.41 Å². The van der Waals surface area contributed by atoms with Gasteiger partial charge in [-0.1, -0.05) is 25.4 Å². The minimum absolute atomic E-state index is 0.0163. The van der Waals surface area contributed by atoms with Crippen molar-refractivity contribution in [2.45, 2.75) is 13.8 Å². The van der Waals surface area contributed by atoms with E-state index in [-0.39, 0.29) is 16.6 Å². The topological polar surface area (TPSA) is 70.6 Å². The fraction of sp³-hybridized carbons (Fsp3) is 0.667. The van der Waals surface area contributed by atoms with Crippen LogP contribution in [0.15, 0.2) is 12.3 Å². The van der Waals surface area contributed by atoms with E-state index in [0.29, 0.717) is 12.2 Å². The van der Waals surface area contributed by atoms with Crippen molar-refractivity contribution in [3.8, 4) is 0 Å². The molecule has 7 nitrogen and oxygen atoms in total. The van der Waals surface area contributed by atoms with Crippen LogP contribution in [0.1, 0.15) is 13.8 Å². The third-order valence-electron chi connectivity index (χ3n) is 3.64. The molecule has 1 aliphatic rings. The molecule has 0 aromatic carbocycles. The number of carbonyl (C=O) groups is 1. The molecule has 0 radical (unpaired) electrons. The van der Waals surface area contributed by atoms with Crippen molar-refractivity contribution in [1.29, 1.82) is 0 Å². The van der Waals surface area contributed by atoms with E-state index >= 15 is 0 Å². The number of anilines is 1. The Labute approximate surface area is 141 Å². The number of aromatic nitrogens is 2. The molecule has 8 heteroatoms. The quantitative estimate of drug-likeness (QED) is 0.886. The number of rotatable bonds is 5. The predicted octanol–water partition coefficient (Wildman–Crippen LogP) is 1.95. The molecule has 1 aromatic rings. The molecule has 0 spiro atoms. The molecule has 1 aromatic heterocycles. The molecular weight excluding hydrogens is 318 g/mol. The summed E-state index contributed by atoms with van der Waals surface area (Å²) in [6.07, 6.45) is 1.47. The van der Waals surface area contributed by atoms with Gasteiger partial charge in [-0.3, -0.25) is 4.90 Å². The Morgan fingerprint density at radius 2 is 2.17 bits per heavy atom. The maximum atomic E-state index is 12.3. The van der Waals surface area contributed by atoms with E-state index in [1.54, 1.807) is 18.0 Å². The van der Waals surface area contributed by atoms with Gasteiger partial charge in [0.15, 0.2) is 5.15 Å². The highest BCUT2D eigenvalue weighted by Crippen LogP contribution is 2.20. The first kappa shape index (κ1) is 17.9. The first-order valence-corrected chi connectivity index (χ1v) is 8.04. The lowest BCUT2D eigenvalue weighted by Crippen LogP contribution is -2.47. The van der Waals surface area contributed by atoms with Crippen LogP contribution in [-0.2, 0) is 4.74 Å². The number of hydrogen-bond donors (Lipinski definition) is 1. The number of nitrogens with one attached hydrogen (secondary N) is 1. The summed E-state index contributed by atoms with van der Waals surface area (Å²) in [5, 5.41) is 10.4. The number of morpholine rings is 1. The fourth-order valence-corrected chi connectivity index (χ4v) is 2.92. The standard InChI is InChI=1S/C15H24ClN5O2/c1-15(2,11-21-4-6-23-7-5-21)10-20(3)14(22)18-12-8-13(16)19-17-9-12/h8-9H,4-7,10-11H2,1-3H3,(H,18,19,22). The number of halogens is 1. The van der Waals surface area contributed by atoms with Gasteiger partial charge in [0.2, 0.25) is 0 Å². The minimum atomic E-state index is -0.191. The highest BCUT2D eigenvalue weighted by molar-refractivity contribution is 6.29. The van der Waals surface area contributed by atoms with Crippen molar-refractivity contribution in [3.05, 3.63) is 17.4 Å². The number of ether oxygens (including phenoxy) is 1. The molecular formula is C15H24ClN5O2. The van der Waals surface area contributed by atoms with Gasteiger partial charge >= 0.3 is 6.03 Å². The third kappa shape index (κ3) is 5.93. The number of urea groups is 1. The Bertz CT molecular complexity index is 534. The summed E-state index contributed by atoms with van der Waals surface area (Å²) >= 11 is 5.77. The van der Waals surface area contributed by atoms with Crippen molar-refractivity contribution in [2.24, 2.45) is 5.41 Å². The molecule has 2 amide bonds. The fourth-order valence-electron chi connectivity index (χ4n) is 2.76. The summed E-state index contributed by atoms with van der Waals surface area (Å²) in [6.45, 7) is 9.35. The second-order valence-corrected chi connectivity index (χ2v) is 6.99. The lowest BCUT2D eigenvalue weighted by atomic mass is 9.92. The third-order valence-corrected chi connectivity index (χ3v) is 3.83. The van der Waals surface area contributed by atoms with Crippen LogP contribution in [-0.4, -0.2) is 72.5 Å². The molecule has 128 valence electrons. The van der Waals surface area contributed by atoms with Gasteiger partial charge in [0.05, 0.1) is 25.1 Å². The molecule has 1 saturated heterocycles. The van der Waals surface area contributed by atoms with Crippen LogP contribution >= 0.6 is 11.6 Å². The highest BCUT2D eigenvalue weighted by atomic mass is 35.5. The van der Waals surface area contributed by atoms with Gasteiger partial charge in [-0.2, -0.15) is 5.10 Å². The second-order valence-electron chi connectivity index (χ2n) is 6.61. The molecule has 0 bridgehead atoms. The zero-order chi connectivity index (χ0) is 16.9. The van der Waals surface area contributed by atoms with Gasteiger partial charge in [0.25, 0.3) is 0 Å². The first-order valence-electron chi connectivity index (χ1n) is 7.66. The summed E-state index contributed by atoms with van der Waals surface area (Å²) < 4.78 is 5.37. The number of nitrogens with zero attached hydrogens (tertiary/aromatic N) is 4. The highest BCUT2D eigenvalue weighted by Gasteiger charge is 2.26. The molecule has 2 heterocycles. The maximum Gasteiger partial charge on any atom is 0.321 e. The lowest BCUT2D eigenvalue weighted by molar-refractivity contribution is 0.0182. The molecule has 1 N–H and O–H groups in total. The van der Waals surface area contributed by atoms with Crippen molar-refractivity contribution < 1.29 is 9.53 Å². The van der Waals surface area contributed by atoms with Crippen molar-refractivity contribution in [2.75, 3.05) is 51.8 Å². The average Bonchev–Trinajstić information content (AvgIpc) is 2.47. The summed E-state index contributed by atoms with van der Waals surface area (Å²) in [6, 6.07) is 1.38. The molecule has 2 rings (SSSR count). The van der Waals surface area contributed by atoms with E-state index in [4.69, 9.17) is 16.3 Å². The number of carbonyl (C=O) groups excluding carboxylic acids is 1. The van der Waals surface area contributed by atoms with E-state index in [2.05, 4.69) is 34.3 Å². The van der Waals surface area contributed by atoms with E-state index < -0.39 is 0 Å². The van der Waals surface area contributed by atoms with Gasteiger partial charge in [0.1, 0.15) is 0 Å². The summed E-state index contributed by atoms with van der Waals surface area (Å²) in [5.41, 5.74) is 0.519. The predicted molar refractivity (Wildman–Crippen MR) is 89.7 cm³/mol. The summed E-state index contributed by atoms with van der Waals surface area (Å²) in [4.78, 5) is 16.3. The van der Waals surface area contributed by atoms with E-state index in [1.165, 1.54) is 6.20 Å². The van der Waals surface area contributed by atoms with Crippen LogP contribution in [0.25, 0.3) is 0 Å². The molecule has 0 unspecified atom stereocenters. The lowest BCUT2D eigenvalue weighted by Gasteiger charge is -2.37. The molecule has 0 saturated carbocycles. The summed E-state index contributed by atoms with van der Waals surface area (Å²) in [7, 11) is 1.78. The van der Waals surface area contributed by atoms with E-state index in [0.717, 1.165) is 32.8 Å². The molecule has 23 heavy (non-hydrogen) atoms. The summed E-state index contributed by atoms with van der Waals surface area (Å²) in [5.74, 6) is 0. The van der Waals surface area contributed by atoms with Crippen LogP contribution in [0.3, 0.4) is 0 Å². The Kier molecular flexibility index (Phi) is 6.15. The average molecular weight is 342 g/mol. The van der Waals surface area contributed by atoms with Crippen LogP contribution in [0.2, 0.25) is 5.15 Å². The van der Waals surface area contributed by atoms with Crippen molar-refractivity contribution in [1.82, 2.24) is 20.0 Å². The zero-order valence-electron chi connectivity index (χ0n) is 13.9. The van der Waals surface area contributed by atoms with Crippen LogP contribution in [0.4, 0.5) is 10.5 Å². The smallest absolute Gasteiger partial charge is 0.321 e. The van der Waals surface area contributed by atoms with Crippen LogP contribution < -0.4 is 5.32 Å². The van der Waals surface area contributed by atoms with Gasteiger partial charge in [-0.25, -0.2) is 4.79 Å². The maximum absolute atomic E-state index is 12.3. The van der Waals surface area contributed by atoms with Gasteiger partial charge < -0.3 is 15.0 Å². The second kappa shape index (κ2) is 7.90. The first-order chi connectivity index (χ1) is 10.9. The molecule has 0 aliphatic carbocycles. The monoisotopic (exact) mass is 341 g/mol. The number of amides is 2. The van der Waals surface area contributed by atoms with Crippen LogP contribution in [0, 0.1) is 5.41 Å². The molecule has 0 atom stereocenters. The normalized spacial score (nSPS) is 16.2. The van der Waals surface area contributed by atoms with Gasteiger partial charge in [0, 0.05) is 39.3 Å². The SMILES string of the molecule is CN(CC(C)(C)CN1CCOCC1)C(=O)Nc1cnnc(Cl)c1. The zero-order valence-corrected chi connectivity index (χ0v) is 14.6. The molecule has 1 fully saturated rings. The van der Waals surface area contributed by atoms with Crippen molar-refractivity contribution >= 4 is 23.3 Å². The Balaban J connectivity index is 1.86. The Morgan fingerprint density at radius 1 is 1.48 bits per heavy atom. The van der Waals surface area contributed by atoms with E-state index in [1.807, 2.05) is 0 Å². The number of hydrogen-bond acceptors (Lipinski definition) is 5. The van der Waals surface area contributed by atoms with Gasteiger partial charge in [-0.15, -0.1) is 5.10 Å². The van der Waals surface area contributed by atoms with Crippen molar-refractivity contribution in [3.63, 3.8) is 0 Å². The Morgan fingerprint density at radius 3 is 2.83 bits per heavy atom. The van der Waals surface area contributed by atoms with E-state index in [9.17, 15) is 4.79 Å². The minimum Gasteiger partial charge on any atom is -0.379 e.